The molecule has 9 heteroatoms. The Morgan fingerprint density at radius 2 is 2.03 bits per heavy atom. The smallest absolute Gasteiger partial charge is 0.298 e. The highest BCUT2D eigenvalue weighted by Crippen LogP contribution is 2.24. The molecule has 1 aromatic carbocycles. The molecule has 3 rings (SSSR count). The lowest BCUT2D eigenvalue weighted by Gasteiger charge is -2.10. The van der Waals surface area contributed by atoms with Crippen LogP contribution in [-0.4, -0.2) is 39.7 Å². The van der Waals surface area contributed by atoms with Gasteiger partial charge in [-0.3, -0.25) is 14.9 Å². The lowest BCUT2D eigenvalue weighted by Crippen LogP contribution is -2.23. The van der Waals surface area contributed by atoms with Gasteiger partial charge in [0, 0.05) is 40.7 Å². The Kier molecular flexibility index (Phi) is 6.79. The fraction of sp³-hybridized carbons (Fsp3) is 0.300. The lowest BCUT2D eigenvalue weighted by atomic mass is 10.1. The first-order valence-corrected chi connectivity index (χ1v) is 10.3. The van der Waals surface area contributed by atoms with Crippen molar-refractivity contribution in [1.29, 1.82) is 0 Å². The Hall–Kier alpha value is -2.55. The predicted molar refractivity (Wildman–Crippen MR) is 113 cm³/mol. The standard InChI is InChI=1S/C20H21ClN4O3S/c1-4-28-9-8-17-23-24-20(29-17)22-19(27)18(26)16-10-12(2)25(13(16)3)15-7-5-6-14(21)11-15/h5-7,10-11H,4,8-9H2,1-3H3,(H,22,24,27). The normalized spacial score (nSPS) is 10.9. The van der Waals surface area contributed by atoms with Crippen LogP contribution in [0.3, 0.4) is 0 Å². The number of benzene rings is 1. The average molecular weight is 433 g/mol. The van der Waals surface area contributed by atoms with E-state index in [-0.39, 0.29) is 0 Å². The number of aromatic nitrogens is 3. The van der Waals surface area contributed by atoms with Crippen molar-refractivity contribution in [2.24, 2.45) is 0 Å². The largest absolute Gasteiger partial charge is 0.381 e. The molecule has 29 heavy (non-hydrogen) atoms. The fourth-order valence-electron chi connectivity index (χ4n) is 2.99. The molecule has 0 saturated heterocycles. The highest BCUT2D eigenvalue weighted by atomic mass is 35.5. The van der Waals surface area contributed by atoms with Crippen LogP contribution >= 0.6 is 22.9 Å². The van der Waals surface area contributed by atoms with Gasteiger partial charge in [0.05, 0.1) is 6.61 Å². The van der Waals surface area contributed by atoms with Crippen molar-refractivity contribution < 1.29 is 14.3 Å². The summed E-state index contributed by atoms with van der Waals surface area (Å²) in [5.74, 6) is -1.37. The van der Waals surface area contributed by atoms with Gasteiger partial charge in [0.25, 0.3) is 11.7 Å². The van der Waals surface area contributed by atoms with Crippen molar-refractivity contribution in [3.8, 4) is 5.69 Å². The minimum Gasteiger partial charge on any atom is -0.381 e. The topological polar surface area (TPSA) is 86.1 Å². The monoisotopic (exact) mass is 432 g/mol. The summed E-state index contributed by atoms with van der Waals surface area (Å²) in [5, 5.41) is 12.1. The zero-order valence-electron chi connectivity index (χ0n) is 16.4. The summed E-state index contributed by atoms with van der Waals surface area (Å²) < 4.78 is 7.17. The number of aryl methyl sites for hydroxylation is 1. The molecule has 0 aliphatic carbocycles. The van der Waals surface area contributed by atoms with E-state index < -0.39 is 11.7 Å². The van der Waals surface area contributed by atoms with Gasteiger partial charge in [-0.2, -0.15) is 0 Å². The second-order valence-corrected chi connectivity index (χ2v) is 7.83. The first-order valence-electron chi connectivity index (χ1n) is 9.11. The van der Waals surface area contributed by atoms with E-state index in [1.54, 1.807) is 25.1 Å². The molecule has 0 fully saturated rings. The van der Waals surface area contributed by atoms with Crippen LogP contribution < -0.4 is 5.32 Å². The van der Waals surface area contributed by atoms with Crippen LogP contribution in [0, 0.1) is 13.8 Å². The third kappa shape index (κ3) is 4.90. The summed E-state index contributed by atoms with van der Waals surface area (Å²) in [6, 6.07) is 9.02. The zero-order chi connectivity index (χ0) is 21.0. The molecule has 1 N–H and O–H groups in total. The molecule has 0 spiro atoms. The molecule has 2 aromatic heterocycles. The maximum atomic E-state index is 12.7. The van der Waals surface area contributed by atoms with E-state index in [0.29, 0.717) is 41.0 Å². The molecule has 0 aliphatic rings. The molecule has 3 aromatic rings. The van der Waals surface area contributed by atoms with Crippen molar-refractivity contribution in [1.82, 2.24) is 14.8 Å². The van der Waals surface area contributed by atoms with Gasteiger partial charge in [-0.15, -0.1) is 10.2 Å². The van der Waals surface area contributed by atoms with Crippen LogP contribution in [-0.2, 0) is 16.0 Å². The number of hydrogen-bond acceptors (Lipinski definition) is 6. The van der Waals surface area contributed by atoms with Crippen LogP contribution in [0.4, 0.5) is 5.13 Å². The minimum absolute atomic E-state index is 0.290. The summed E-state index contributed by atoms with van der Waals surface area (Å²) >= 11 is 7.32. The molecule has 1 amide bonds. The van der Waals surface area contributed by atoms with E-state index in [0.717, 1.165) is 16.4 Å². The van der Waals surface area contributed by atoms with Crippen molar-refractivity contribution >= 4 is 39.8 Å². The van der Waals surface area contributed by atoms with Crippen molar-refractivity contribution in [3.63, 3.8) is 0 Å². The second-order valence-electron chi connectivity index (χ2n) is 6.33. The molecule has 0 aliphatic heterocycles. The summed E-state index contributed by atoms with van der Waals surface area (Å²) in [4.78, 5) is 25.2. The molecule has 0 saturated carbocycles. The number of rotatable bonds is 8. The van der Waals surface area contributed by atoms with Crippen LogP contribution in [0.5, 0.6) is 0 Å². The molecule has 152 valence electrons. The SMILES string of the molecule is CCOCCc1nnc(NC(=O)C(=O)c2cc(C)n(-c3cccc(Cl)c3)c2C)s1. The van der Waals surface area contributed by atoms with E-state index in [1.165, 1.54) is 11.3 Å². The van der Waals surface area contributed by atoms with Crippen molar-refractivity contribution in [2.75, 3.05) is 18.5 Å². The summed E-state index contributed by atoms with van der Waals surface area (Å²) in [5.41, 5.74) is 2.66. The number of Topliss-reactive ketones (excluding diaryl/α,β-unsaturated/α-hetero) is 1. The molecule has 0 atom stereocenters. The quantitative estimate of drug-likeness (QED) is 0.330. The molecule has 0 bridgehead atoms. The lowest BCUT2D eigenvalue weighted by molar-refractivity contribution is -0.112. The van der Waals surface area contributed by atoms with Crippen LogP contribution in [0.25, 0.3) is 5.69 Å². The molecule has 0 unspecified atom stereocenters. The number of carbonyl (C=O) groups excluding carboxylic acids is 2. The average Bonchev–Trinajstić information content (AvgIpc) is 3.25. The van der Waals surface area contributed by atoms with Gasteiger partial charge >= 0.3 is 0 Å². The van der Waals surface area contributed by atoms with E-state index in [2.05, 4.69) is 15.5 Å². The number of halogens is 1. The van der Waals surface area contributed by atoms with E-state index in [4.69, 9.17) is 16.3 Å². The number of hydrogen-bond donors (Lipinski definition) is 1. The molecule has 7 nitrogen and oxygen atoms in total. The van der Waals surface area contributed by atoms with Gasteiger partial charge in [0.2, 0.25) is 5.13 Å². The van der Waals surface area contributed by atoms with E-state index in [9.17, 15) is 9.59 Å². The maximum absolute atomic E-state index is 12.7. The number of amides is 1. The summed E-state index contributed by atoms with van der Waals surface area (Å²) in [7, 11) is 0. The number of carbonyl (C=O) groups is 2. The van der Waals surface area contributed by atoms with Gasteiger partial charge in [-0.25, -0.2) is 0 Å². The van der Waals surface area contributed by atoms with Crippen LogP contribution in [0.15, 0.2) is 30.3 Å². The number of anilines is 1. The Labute approximate surface area is 177 Å². The van der Waals surface area contributed by atoms with Gasteiger partial charge in [0.15, 0.2) is 0 Å². The van der Waals surface area contributed by atoms with Gasteiger partial charge in [-0.05, 0) is 45.0 Å². The Morgan fingerprint density at radius 3 is 2.76 bits per heavy atom. The number of ether oxygens (including phenoxy) is 1. The molecule has 0 radical (unpaired) electrons. The fourth-order valence-corrected chi connectivity index (χ4v) is 3.89. The molecule has 2 heterocycles. The first-order chi connectivity index (χ1) is 13.9. The maximum Gasteiger partial charge on any atom is 0.298 e. The Bertz CT molecular complexity index is 1040. The minimum atomic E-state index is -0.746. The zero-order valence-corrected chi connectivity index (χ0v) is 17.9. The predicted octanol–water partition coefficient (Wildman–Crippen LogP) is 4.00. The third-order valence-corrected chi connectivity index (χ3v) is 5.43. The Balaban J connectivity index is 1.75. The van der Waals surface area contributed by atoms with Crippen LogP contribution in [0.2, 0.25) is 5.02 Å². The number of nitrogens with zero attached hydrogens (tertiary/aromatic N) is 3. The Morgan fingerprint density at radius 1 is 1.24 bits per heavy atom. The highest BCUT2D eigenvalue weighted by molar-refractivity contribution is 7.15. The van der Waals surface area contributed by atoms with Gasteiger partial charge in [-0.1, -0.05) is 29.0 Å². The number of ketones is 1. The van der Waals surface area contributed by atoms with E-state index in [1.807, 2.05) is 30.5 Å². The first kappa shape index (κ1) is 21.2. The van der Waals surface area contributed by atoms with Gasteiger partial charge in [0.1, 0.15) is 5.01 Å². The molecular weight excluding hydrogens is 412 g/mol. The second kappa shape index (κ2) is 9.30. The van der Waals surface area contributed by atoms with Crippen molar-refractivity contribution in [2.45, 2.75) is 27.2 Å². The van der Waals surface area contributed by atoms with E-state index >= 15 is 0 Å². The molecular formula is C20H21ClN4O3S. The number of nitrogens with one attached hydrogen (secondary N) is 1. The highest BCUT2D eigenvalue weighted by Gasteiger charge is 2.23. The van der Waals surface area contributed by atoms with Crippen molar-refractivity contribution in [3.05, 3.63) is 57.3 Å². The summed E-state index contributed by atoms with van der Waals surface area (Å²) in [6.45, 7) is 6.75. The summed E-state index contributed by atoms with van der Waals surface area (Å²) in [6.07, 6.45) is 0.607. The third-order valence-electron chi connectivity index (χ3n) is 4.30. The van der Waals surface area contributed by atoms with Crippen LogP contribution in [0.1, 0.15) is 33.7 Å². The van der Waals surface area contributed by atoms with Gasteiger partial charge < -0.3 is 9.30 Å².